The van der Waals surface area contributed by atoms with Crippen LogP contribution in [0.4, 0.5) is 0 Å². The molecular weight excluding hydrogens is 190 g/mol. The summed E-state index contributed by atoms with van der Waals surface area (Å²) in [4.78, 5) is 11.5. The lowest BCUT2D eigenvalue weighted by Crippen LogP contribution is -2.44. The molecule has 2 rings (SSSR count). The summed E-state index contributed by atoms with van der Waals surface area (Å²) in [6, 6.07) is 0. The van der Waals surface area contributed by atoms with E-state index >= 15 is 0 Å². The first-order chi connectivity index (χ1) is 7.26. The van der Waals surface area contributed by atoms with Crippen molar-refractivity contribution in [3.05, 3.63) is 12.2 Å². The van der Waals surface area contributed by atoms with Gasteiger partial charge in [0, 0.05) is 0 Å². The summed E-state index contributed by atoms with van der Waals surface area (Å²) in [6.45, 7) is 1.95. The van der Waals surface area contributed by atoms with Crippen LogP contribution in [0, 0.1) is 11.3 Å². The second-order valence-electron chi connectivity index (χ2n) is 4.70. The number of carboxylic acid groups (broad SMARTS) is 1. The Bertz CT molecular complexity index is 269. The smallest absolute Gasteiger partial charge is 0.310 e. The summed E-state index contributed by atoms with van der Waals surface area (Å²) >= 11 is 0. The molecule has 15 heavy (non-hydrogen) atoms. The molecule has 1 saturated heterocycles. The molecule has 2 N–H and O–H groups in total. The fraction of sp³-hybridized carbons (Fsp3) is 0.750. The number of allylic oxidation sites excluding steroid dienone is 2. The molecule has 2 aliphatic rings. The standard InChI is InChI=1S/C12H19NO2/c14-11(15)12(6-2-1-3-7-12)10-4-8-13-9-5-10/h1-2,10,13H,3-9H2,(H,14,15). The Hall–Kier alpha value is -0.830. The van der Waals surface area contributed by atoms with E-state index in [9.17, 15) is 9.90 Å². The molecule has 1 atom stereocenters. The number of piperidine rings is 1. The van der Waals surface area contributed by atoms with Crippen molar-refractivity contribution in [2.75, 3.05) is 13.1 Å². The average molecular weight is 209 g/mol. The number of hydrogen-bond donors (Lipinski definition) is 2. The Labute approximate surface area is 90.6 Å². The van der Waals surface area contributed by atoms with Crippen molar-refractivity contribution in [3.8, 4) is 0 Å². The van der Waals surface area contributed by atoms with E-state index in [1.54, 1.807) is 0 Å². The molecule has 0 aromatic heterocycles. The summed E-state index contributed by atoms with van der Waals surface area (Å²) in [5, 5.41) is 12.8. The summed E-state index contributed by atoms with van der Waals surface area (Å²) in [5.74, 6) is -0.222. The van der Waals surface area contributed by atoms with Gasteiger partial charge in [-0.05, 0) is 51.1 Å². The number of nitrogens with one attached hydrogen (secondary N) is 1. The molecule has 1 unspecified atom stereocenters. The fourth-order valence-corrected chi connectivity index (χ4v) is 2.97. The van der Waals surface area contributed by atoms with Crippen LogP contribution in [0.2, 0.25) is 0 Å². The summed E-state index contributed by atoms with van der Waals surface area (Å²) < 4.78 is 0. The molecule has 1 heterocycles. The van der Waals surface area contributed by atoms with Gasteiger partial charge in [0.1, 0.15) is 0 Å². The molecule has 0 amide bonds. The predicted octanol–water partition coefficient (Wildman–Crippen LogP) is 1.80. The Morgan fingerprint density at radius 3 is 2.60 bits per heavy atom. The quantitative estimate of drug-likeness (QED) is 0.682. The molecule has 0 bridgehead atoms. The van der Waals surface area contributed by atoms with Crippen molar-refractivity contribution in [3.63, 3.8) is 0 Å². The molecule has 3 heteroatoms. The minimum absolute atomic E-state index is 0.362. The van der Waals surface area contributed by atoms with Crippen molar-refractivity contribution in [1.29, 1.82) is 0 Å². The summed E-state index contributed by atoms with van der Waals surface area (Å²) in [6.07, 6.45) is 8.68. The molecule has 1 aliphatic carbocycles. The van der Waals surface area contributed by atoms with Gasteiger partial charge >= 0.3 is 5.97 Å². The SMILES string of the molecule is O=C(O)C1(C2CCNCC2)CC=CCC1. The minimum atomic E-state index is -0.584. The lowest BCUT2D eigenvalue weighted by atomic mass is 9.65. The largest absolute Gasteiger partial charge is 0.481 e. The zero-order valence-corrected chi connectivity index (χ0v) is 9.04. The maximum Gasteiger partial charge on any atom is 0.310 e. The Kier molecular flexibility index (Phi) is 3.10. The maximum atomic E-state index is 11.5. The molecule has 0 spiro atoms. The van der Waals surface area contributed by atoms with Crippen molar-refractivity contribution >= 4 is 5.97 Å². The first-order valence-corrected chi connectivity index (χ1v) is 5.85. The molecule has 84 valence electrons. The first kappa shape index (κ1) is 10.7. The highest BCUT2D eigenvalue weighted by atomic mass is 16.4. The van der Waals surface area contributed by atoms with Crippen LogP contribution in [0.1, 0.15) is 32.1 Å². The van der Waals surface area contributed by atoms with Gasteiger partial charge in [0.2, 0.25) is 0 Å². The van der Waals surface area contributed by atoms with Crippen LogP contribution in [0.3, 0.4) is 0 Å². The van der Waals surface area contributed by atoms with Crippen LogP contribution >= 0.6 is 0 Å². The van der Waals surface area contributed by atoms with E-state index in [-0.39, 0.29) is 0 Å². The highest BCUT2D eigenvalue weighted by molar-refractivity contribution is 5.75. The van der Waals surface area contributed by atoms with Crippen LogP contribution in [-0.4, -0.2) is 24.2 Å². The van der Waals surface area contributed by atoms with E-state index in [1.165, 1.54) is 0 Å². The number of hydrogen-bond acceptors (Lipinski definition) is 2. The molecule has 1 aliphatic heterocycles. The Morgan fingerprint density at radius 2 is 2.07 bits per heavy atom. The summed E-state index contributed by atoms with van der Waals surface area (Å²) in [5.41, 5.74) is -0.461. The monoisotopic (exact) mass is 209 g/mol. The maximum absolute atomic E-state index is 11.5. The van der Waals surface area contributed by atoms with Crippen LogP contribution in [0.15, 0.2) is 12.2 Å². The average Bonchev–Trinajstić information content (AvgIpc) is 2.31. The summed E-state index contributed by atoms with van der Waals surface area (Å²) in [7, 11) is 0. The Morgan fingerprint density at radius 1 is 1.33 bits per heavy atom. The van der Waals surface area contributed by atoms with Gasteiger partial charge in [-0.1, -0.05) is 12.2 Å². The van der Waals surface area contributed by atoms with Crippen molar-refractivity contribution < 1.29 is 9.90 Å². The fourth-order valence-electron chi connectivity index (χ4n) is 2.97. The van der Waals surface area contributed by atoms with E-state index in [2.05, 4.69) is 17.5 Å². The van der Waals surface area contributed by atoms with Gasteiger partial charge in [-0.25, -0.2) is 0 Å². The first-order valence-electron chi connectivity index (χ1n) is 5.85. The molecule has 1 fully saturated rings. The van der Waals surface area contributed by atoms with E-state index in [4.69, 9.17) is 0 Å². The molecule has 0 radical (unpaired) electrons. The van der Waals surface area contributed by atoms with Crippen LogP contribution in [0.5, 0.6) is 0 Å². The Balaban J connectivity index is 2.17. The van der Waals surface area contributed by atoms with Gasteiger partial charge in [-0.3, -0.25) is 4.79 Å². The van der Waals surface area contributed by atoms with Crippen molar-refractivity contribution in [1.82, 2.24) is 5.32 Å². The zero-order chi connectivity index (χ0) is 10.7. The third kappa shape index (κ3) is 1.93. The van der Waals surface area contributed by atoms with Crippen LogP contribution in [0.25, 0.3) is 0 Å². The second-order valence-corrected chi connectivity index (χ2v) is 4.70. The van der Waals surface area contributed by atoms with E-state index in [0.717, 1.165) is 45.2 Å². The van der Waals surface area contributed by atoms with Crippen molar-refractivity contribution in [2.24, 2.45) is 11.3 Å². The van der Waals surface area contributed by atoms with Gasteiger partial charge in [0.15, 0.2) is 0 Å². The van der Waals surface area contributed by atoms with Gasteiger partial charge in [0.25, 0.3) is 0 Å². The van der Waals surface area contributed by atoms with Crippen molar-refractivity contribution in [2.45, 2.75) is 32.1 Å². The van der Waals surface area contributed by atoms with E-state index in [0.29, 0.717) is 5.92 Å². The highest BCUT2D eigenvalue weighted by Crippen LogP contribution is 2.44. The molecular formula is C12H19NO2. The highest BCUT2D eigenvalue weighted by Gasteiger charge is 2.45. The minimum Gasteiger partial charge on any atom is -0.481 e. The third-order valence-corrected chi connectivity index (χ3v) is 3.95. The van der Waals surface area contributed by atoms with Gasteiger partial charge in [-0.2, -0.15) is 0 Å². The number of carboxylic acids is 1. The zero-order valence-electron chi connectivity index (χ0n) is 9.04. The number of carbonyl (C=O) groups is 1. The third-order valence-electron chi connectivity index (χ3n) is 3.95. The normalized spacial score (nSPS) is 32.8. The molecule has 0 aromatic rings. The van der Waals surface area contributed by atoms with E-state index in [1.807, 2.05) is 0 Å². The van der Waals surface area contributed by atoms with Crippen LogP contribution < -0.4 is 5.32 Å². The van der Waals surface area contributed by atoms with Gasteiger partial charge < -0.3 is 10.4 Å². The molecule has 0 saturated carbocycles. The molecule has 3 nitrogen and oxygen atoms in total. The number of aliphatic carboxylic acids is 1. The lowest BCUT2D eigenvalue weighted by Gasteiger charge is -2.40. The lowest BCUT2D eigenvalue weighted by molar-refractivity contribution is -0.154. The predicted molar refractivity (Wildman–Crippen MR) is 58.7 cm³/mol. The van der Waals surface area contributed by atoms with Gasteiger partial charge in [0.05, 0.1) is 5.41 Å². The second kappa shape index (κ2) is 4.35. The van der Waals surface area contributed by atoms with Crippen LogP contribution in [-0.2, 0) is 4.79 Å². The van der Waals surface area contributed by atoms with Gasteiger partial charge in [-0.15, -0.1) is 0 Å². The van der Waals surface area contributed by atoms with E-state index < -0.39 is 11.4 Å². The topological polar surface area (TPSA) is 49.3 Å². The number of rotatable bonds is 2. The molecule has 0 aromatic carbocycles.